The summed E-state index contributed by atoms with van der Waals surface area (Å²) in [5.74, 6) is 3.46. The molecule has 0 radical (unpaired) electrons. The lowest BCUT2D eigenvalue weighted by Gasteiger charge is -2.56. The van der Waals surface area contributed by atoms with Gasteiger partial charge in [0, 0.05) is 67.7 Å². The average molecular weight is 1150 g/mol. The summed E-state index contributed by atoms with van der Waals surface area (Å²) in [7, 11) is 3.89. The molecule has 8 bridgehead atoms. The Balaban J connectivity index is 0.000000176. The summed E-state index contributed by atoms with van der Waals surface area (Å²) in [5, 5.41) is 27.2. The highest BCUT2D eigenvalue weighted by Gasteiger charge is 2.48. The molecule has 4 aliphatic carbocycles. The zero-order valence-corrected chi connectivity index (χ0v) is 50.9. The van der Waals surface area contributed by atoms with Gasteiger partial charge in [0.25, 0.3) is 11.1 Å². The normalized spacial score (nSPS) is 31.7. The molecule has 17 nitrogen and oxygen atoms in total. The Bertz CT molecular complexity index is 3080. The molecule has 4 saturated carbocycles. The monoisotopic (exact) mass is 1150 g/mol. The van der Waals surface area contributed by atoms with E-state index < -0.39 is 11.9 Å². The molecule has 84 heavy (non-hydrogen) atoms. The Morgan fingerprint density at radius 3 is 1.37 bits per heavy atom. The van der Waals surface area contributed by atoms with Gasteiger partial charge in [-0.3, -0.25) is 29.0 Å². The number of carboxylic acid groups (broad SMARTS) is 2. The SMILES string of the molecule is CC1CC2CC(C1)CC(N1[C@@H]3CCC[C@H]1CC(n1c(=O)c(/C(CCC(=O)O)=N/OCCN(C)C)nc4ccccc41)C3)C2.CCO/N=C(\CCC(=O)O)c1nc2ccccc2n(C2C[C@H]3CCC[C@@H](C2)N3C2CC3CC(CC)CC(C3)C2)c1=O. The van der Waals surface area contributed by atoms with Gasteiger partial charge in [-0.1, -0.05) is 67.7 Å². The van der Waals surface area contributed by atoms with Gasteiger partial charge in [0.1, 0.15) is 24.6 Å². The third-order valence-electron chi connectivity index (χ3n) is 21.1. The summed E-state index contributed by atoms with van der Waals surface area (Å²) in [6, 6.07) is 19.2. The van der Waals surface area contributed by atoms with Gasteiger partial charge in [-0.05, 0) is 196 Å². The molecule has 8 fully saturated rings. The smallest absolute Gasteiger partial charge is 0.303 e. The molecule has 6 unspecified atom stereocenters. The lowest BCUT2D eigenvalue weighted by atomic mass is 9.64. The third kappa shape index (κ3) is 13.5. The molecule has 2 aromatic heterocycles. The van der Waals surface area contributed by atoms with E-state index >= 15 is 0 Å². The minimum absolute atomic E-state index is 0.0733. The number of aromatic nitrogens is 4. The predicted octanol–water partition coefficient (Wildman–Crippen LogP) is 11.5. The van der Waals surface area contributed by atoms with Crippen LogP contribution in [0, 0.1) is 35.5 Å². The van der Waals surface area contributed by atoms with Gasteiger partial charge in [0.2, 0.25) is 0 Å². The van der Waals surface area contributed by atoms with Crippen molar-refractivity contribution in [1.29, 1.82) is 0 Å². The molecule has 456 valence electrons. The quantitative estimate of drug-likeness (QED) is 0.0511. The number of oxime groups is 2. The molecule has 6 heterocycles. The Hall–Kier alpha value is -5.52. The van der Waals surface area contributed by atoms with Crippen molar-refractivity contribution in [1.82, 2.24) is 33.8 Å². The molecule has 10 atom stereocenters. The number of benzene rings is 2. The number of nitrogens with zero attached hydrogens (tertiary/aromatic N) is 9. The van der Waals surface area contributed by atoms with Crippen molar-refractivity contribution >= 4 is 45.4 Å². The van der Waals surface area contributed by atoms with Gasteiger partial charge in [-0.15, -0.1) is 0 Å². The first-order valence-corrected chi connectivity index (χ1v) is 32.8. The first-order valence-electron chi connectivity index (χ1n) is 32.8. The molecule has 0 spiro atoms. The largest absolute Gasteiger partial charge is 0.481 e. The molecule has 8 aliphatic rings. The van der Waals surface area contributed by atoms with Crippen molar-refractivity contribution in [2.45, 2.75) is 230 Å². The van der Waals surface area contributed by atoms with Gasteiger partial charge in [-0.2, -0.15) is 0 Å². The van der Waals surface area contributed by atoms with Gasteiger partial charge in [-0.25, -0.2) is 9.97 Å². The molecular weight excluding hydrogens is 1060 g/mol. The van der Waals surface area contributed by atoms with Gasteiger partial charge in [0.05, 0.1) is 34.9 Å². The van der Waals surface area contributed by atoms with Crippen LogP contribution in [0.2, 0.25) is 0 Å². The fourth-order valence-electron chi connectivity index (χ4n) is 18.1. The number of likely N-dealkylation sites (N-methyl/N-ethyl adjacent to an activating group) is 1. The second kappa shape index (κ2) is 27.0. The highest BCUT2D eigenvalue weighted by Crippen LogP contribution is 2.51. The molecule has 4 saturated heterocycles. The van der Waals surface area contributed by atoms with Crippen LogP contribution in [0.25, 0.3) is 22.1 Å². The van der Waals surface area contributed by atoms with Crippen molar-refractivity contribution in [3.8, 4) is 0 Å². The lowest BCUT2D eigenvalue weighted by molar-refractivity contribution is -0.137. The maximum absolute atomic E-state index is 14.4. The highest BCUT2D eigenvalue weighted by atomic mass is 16.6. The molecule has 17 heteroatoms. The van der Waals surface area contributed by atoms with Gasteiger partial charge >= 0.3 is 11.9 Å². The van der Waals surface area contributed by atoms with E-state index in [0.717, 1.165) is 83.3 Å². The zero-order valence-electron chi connectivity index (χ0n) is 50.9. The topological polar surface area (TPSA) is 197 Å². The van der Waals surface area contributed by atoms with Crippen LogP contribution < -0.4 is 11.1 Å². The van der Waals surface area contributed by atoms with Crippen LogP contribution in [0.3, 0.4) is 0 Å². The molecule has 4 aromatic rings. The summed E-state index contributed by atoms with van der Waals surface area (Å²) < 4.78 is 3.96. The predicted molar refractivity (Wildman–Crippen MR) is 329 cm³/mol. The summed E-state index contributed by atoms with van der Waals surface area (Å²) in [6.45, 7) is 7.97. The summed E-state index contributed by atoms with van der Waals surface area (Å²) >= 11 is 0. The summed E-state index contributed by atoms with van der Waals surface area (Å²) in [5.41, 5.74) is 3.86. The Kier molecular flexibility index (Phi) is 19.4. The number of hydrogen-bond acceptors (Lipinski definition) is 13. The van der Waals surface area contributed by atoms with Crippen molar-refractivity contribution in [2.75, 3.05) is 33.9 Å². The number of hydrogen-bond donors (Lipinski definition) is 2. The van der Waals surface area contributed by atoms with Gasteiger partial charge in [0.15, 0.2) is 11.4 Å². The first-order chi connectivity index (χ1) is 40.7. The van der Waals surface area contributed by atoms with E-state index in [1.165, 1.54) is 109 Å². The van der Waals surface area contributed by atoms with E-state index in [1.807, 2.05) is 83.6 Å². The van der Waals surface area contributed by atoms with Crippen molar-refractivity contribution < 1.29 is 29.5 Å². The number of piperidine rings is 4. The van der Waals surface area contributed by atoms with Crippen LogP contribution in [0.1, 0.15) is 205 Å². The Labute approximate surface area is 496 Å². The van der Waals surface area contributed by atoms with Crippen LogP contribution >= 0.6 is 0 Å². The fourth-order valence-corrected chi connectivity index (χ4v) is 18.1. The molecular formula is C67H95N9O8. The second-order valence-corrected chi connectivity index (χ2v) is 27.3. The number of rotatable bonds is 19. The number of aliphatic carboxylic acids is 2. The van der Waals surface area contributed by atoms with Crippen LogP contribution in [0.4, 0.5) is 0 Å². The molecule has 12 rings (SSSR count). The van der Waals surface area contributed by atoms with Gasteiger partial charge < -0.3 is 33.9 Å². The molecule has 4 aliphatic heterocycles. The first kappa shape index (κ1) is 60.2. The van der Waals surface area contributed by atoms with Crippen molar-refractivity contribution in [3.05, 3.63) is 80.6 Å². The van der Waals surface area contributed by atoms with E-state index in [0.29, 0.717) is 67.4 Å². The van der Waals surface area contributed by atoms with Crippen molar-refractivity contribution in [2.24, 2.45) is 45.8 Å². The number of fused-ring (bicyclic) bond motifs is 10. The highest BCUT2D eigenvalue weighted by molar-refractivity contribution is 6.01. The Morgan fingerprint density at radius 1 is 0.548 bits per heavy atom. The summed E-state index contributed by atoms with van der Waals surface area (Å²) in [6.07, 6.45) is 26.4. The van der Waals surface area contributed by atoms with Crippen LogP contribution in [-0.4, -0.2) is 137 Å². The Morgan fingerprint density at radius 2 is 0.964 bits per heavy atom. The number of carboxylic acids is 2. The molecule has 0 amide bonds. The maximum atomic E-state index is 14.4. The second-order valence-electron chi connectivity index (χ2n) is 27.3. The lowest BCUT2D eigenvalue weighted by Crippen LogP contribution is -2.59. The fraction of sp³-hybridized carbons (Fsp3) is 0.701. The van der Waals surface area contributed by atoms with Crippen molar-refractivity contribution in [3.63, 3.8) is 0 Å². The van der Waals surface area contributed by atoms with Crippen LogP contribution in [-0.2, 0) is 19.3 Å². The summed E-state index contributed by atoms with van der Waals surface area (Å²) in [4.78, 5) is 79.7. The standard InChI is InChI=1S/C34H49N5O4.C33H46N4O4/c1-22-15-23-17-24(16-22)19-27(18-23)38-25-7-6-8-26(38)21-28(20-25)39-31-10-5-4-9-29(31)35-33(34(39)42)30(11-12-32(40)41)36-43-14-13-37(2)3;1-3-21-14-22-16-23(15-21)18-26(17-22)36-24-8-7-9-25(36)20-27(19-24)37-30-11-6-5-10-28(30)34-32(33(37)40)29(35-41-4-2)12-13-31(38)39/h4-5,9-10,22-28H,6-8,11-21H2,1-3H3,(H,40,41);5-6,10-11,21-27H,3-4,7-9,12-20H2,1-2H3,(H,38,39)/b36-30+;35-29+/t22?,23?,24?,25-,26+,27?,28?;21?,22?,23?,24-,25+,26?,27?. The zero-order chi connectivity index (χ0) is 58.6. The van der Waals surface area contributed by atoms with E-state index in [1.54, 1.807) is 0 Å². The minimum atomic E-state index is -0.941. The minimum Gasteiger partial charge on any atom is -0.481 e. The maximum Gasteiger partial charge on any atom is 0.303 e. The average Bonchev–Trinajstić information content (AvgIpc) is 1.14. The molecule has 2 N–H and O–H groups in total. The van der Waals surface area contributed by atoms with E-state index in [9.17, 15) is 29.4 Å². The molecule has 2 aromatic carbocycles. The van der Waals surface area contributed by atoms with Crippen LogP contribution in [0.5, 0.6) is 0 Å². The van der Waals surface area contributed by atoms with E-state index in [2.05, 4.69) is 34.0 Å². The van der Waals surface area contributed by atoms with Crippen LogP contribution in [0.15, 0.2) is 68.4 Å². The van der Waals surface area contributed by atoms with E-state index in [-0.39, 0.29) is 60.3 Å². The van der Waals surface area contributed by atoms with E-state index in [4.69, 9.17) is 19.6 Å². The number of para-hydroxylation sites is 4. The third-order valence-corrected chi connectivity index (χ3v) is 21.1. The number of carbonyl (C=O) groups is 2.